The highest BCUT2D eigenvalue weighted by Gasteiger charge is 2.14. The summed E-state index contributed by atoms with van der Waals surface area (Å²) in [7, 11) is -1.38. The molecule has 0 aliphatic carbocycles. The number of rotatable bonds is 5. The van der Waals surface area contributed by atoms with E-state index in [1.165, 1.54) is 0 Å². The zero-order chi connectivity index (χ0) is 10.4. The average molecular weight is 193 g/mol. The van der Waals surface area contributed by atoms with Gasteiger partial charge >= 0.3 is 7.12 Å². The Balaban J connectivity index is 2.64. The van der Waals surface area contributed by atoms with Crippen molar-refractivity contribution in [3.63, 3.8) is 0 Å². The van der Waals surface area contributed by atoms with Crippen molar-refractivity contribution in [3.05, 3.63) is 29.8 Å². The third kappa shape index (κ3) is 3.14. The quantitative estimate of drug-likeness (QED) is 0.450. The van der Waals surface area contributed by atoms with Crippen molar-refractivity contribution in [1.29, 1.82) is 0 Å². The Kier molecular flexibility index (Phi) is 4.66. The topological polar surface area (TPSA) is 52.5 Å². The van der Waals surface area contributed by atoms with Crippen molar-refractivity contribution >= 4 is 12.6 Å². The lowest BCUT2D eigenvalue weighted by molar-refractivity contribution is 0.425. The van der Waals surface area contributed by atoms with Crippen LogP contribution in [0.2, 0.25) is 0 Å². The lowest BCUT2D eigenvalue weighted by atomic mass is 9.77. The molecule has 3 N–H and O–H groups in total. The summed E-state index contributed by atoms with van der Waals surface area (Å²) in [5, 5.41) is 21.4. The van der Waals surface area contributed by atoms with Crippen molar-refractivity contribution in [2.75, 3.05) is 6.54 Å². The van der Waals surface area contributed by atoms with Gasteiger partial charge in [-0.3, -0.25) is 0 Å². The van der Waals surface area contributed by atoms with Gasteiger partial charge in [-0.1, -0.05) is 31.2 Å². The highest BCUT2D eigenvalue weighted by molar-refractivity contribution is 6.59. The standard InChI is InChI=1S/C10H16BNO2/c1-2-7-12-8-9-5-3-4-6-10(9)11(13)14/h3-6,12-14H,2,7-8H2,1H3. The molecule has 14 heavy (non-hydrogen) atoms. The minimum atomic E-state index is -1.38. The fourth-order valence-corrected chi connectivity index (χ4v) is 1.35. The summed E-state index contributed by atoms with van der Waals surface area (Å²) < 4.78 is 0. The summed E-state index contributed by atoms with van der Waals surface area (Å²) in [4.78, 5) is 0. The first-order valence-corrected chi connectivity index (χ1v) is 4.90. The van der Waals surface area contributed by atoms with Crippen LogP contribution in [0.1, 0.15) is 18.9 Å². The summed E-state index contributed by atoms with van der Waals surface area (Å²) in [6.07, 6.45) is 1.07. The molecule has 76 valence electrons. The van der Waals surface area contributed by atoms with E-state index in [1.54, 1.807) is 12.1 Å². The van der Waals surface area contributed by atoms with Gasteiger partial charge in [0.2, 0.25) is 0 Å². The molecule has 0 bridgehead atoms. The van der Waals surface area contributed by atoms with Crippen molar-refractivity contribution in [2.45, 2.75) is 19.9 Å². The second kappa shape index (κ2) is 5.80. The van der Waals surface area contributed by atoms with Gasteiger partial charge in [-0.25, -0.2) is 0 Å². The normalized spacial score (nSPS) is 10.2. The fourth-order valence-electron chi connectivity index (χ4n) is 1.35. The van der Waals surface area contributed by atoms with Crippen LogP contribution in [0.4, 0.5) is 0 Å². The number of hydrogen-bond donors (Lipinski definition) is 3. The summed E-state index contributed by atoms with van der Waals surface area (Å²) in [6, 6.07) is 7.33. The summed E-state index contributed by atoms with van der Waals surface area (Å²) in [6.45, 7) is 3.72. The lowest BCUT2D eigenvalue weighted by Crippen LogP contribution is -2.34. The molecule has 0 aromatic heterocycles. The molecule has 0 atom stereocenters. The van der Waals surface area contributed by atoms with Gasteiger partial charge in [0.05, 0.1) is 0 Å². The van der Waals surface area contributed by atoms with Crippen LogP contribution < -0.4 is 10.8 Å². The Labute approximate surface area is 84.9 Å². The van der Waals surface area contributed by atoms with E-state index in [0.717, 1.165) is 18.5 Å². The van der Waals surface area contributed by atoms with Crippen molar-refractivity contribution in [3.8, 4) is 0 Å². The van der Waals surface area contributed by atoms with Gasteiger partial charge < -0.3 is 15.4 Å². The Bertz CT molecular complexity index is 279. The number of benzene rings is 1. The third-order valence-corrected chi connectivity index (χ3v) is 2.08. The molecule has 0 aliphatic heterocycles. The van der Waals surface area contributed by atoms with E-state index in [0.29, 0.717) is 12.0 Å². The first-order valence-electron chi connectivity index (χ1n) is 4.90. The van der Waals surface area contributed by atoms with E-state index in [2.05, 4.69) is 12.2 Å². The van der Waals surface area contributed by atoms with Crippen molar-refractivity contribution in [2.24, 2.45) is 0 Å². The Morgan fingerprint density at radius 3 is 2.64 bits per heavy atom. The highest BCUT2D eigenvalue weighted by atomic mass is 16.4. The monoisotopic (exact) mass is 193 g/mol. The highest BCUT2D eigenvalue weighted by Crippen LogP contribution is 1.96. The third-order valence-electron chi connectivity index (χ3n) is 2.08. The molecule has 0 saturated carbocycles. The molecule has 0 unspecified atom stereocenters. The molecule has 0 fully saturated rings. The molecule has 4 heteroatoms. The maximum absolute atomic E-state index is 9.09. The summed E-state index contributed by atoms with van der Waals surface area (Å²) >= 11 is 0. The average Bonchev–Trinajstić information content (AvgIpc) is 2.19. The van der Waals surface area contributed by atoms with Crippen LogP contribution in [-0.4, -0.2) is 23.7 Å². The lowest BCUT2D eigenvalue weighted by Gasteiger charge is -2.08. The molecule has 1 rings (SSSR count). The van der Waals surface area contributed by atoms with Crippen molar-refractivity contribution < 1.29 is 10.0 Å². The SMILES string of the molecule is CCCNCc1ccccc1B(O)O. The molecule has 1 aromatic rings. The van der Waals surface area contributed by atoms with E-state index in [-0.39, 0.29) is 0 Å². The summed E-state index contributed by atoms with van der Waals surface area (Å²) in [5.74, 6) is 0. The van der Waals surface area contributed by atoms with Gasteiger partial charge in [-0.2, -0.15) is 0 Å². The molecule has 0 radical (unpaired) electrons. The zero-order valence-electron chi connectivity index (χ0n) is 8.40. The molecular weight excluding hydrogens is 177 g/mol. The molecule has 0 spiro atoms. The molecule has 1 aromatic carbocycles. The van der Waals surface area contributed by atoms with Crippen molar-refractivity contribution in [1.82, 2.24) is 5.32 Å². The van der Waals surface area contributed by atoms with Crippen LogP contribution in [-0.2, 0) is 6.54 Å². The molecule has 0 aliphatic rings. The van der Waals surface area contributed by atoms with Gasteiger partial charge in [-0.05, 0) is 24.0 Å². The van der Waals surface area contributed by atoms with E-state index >= 15 is 0 Å². The molecule has 0 saturated heterocycles. The Hall–Kier alpha value is -0.835. The van der Waals surface area contributed by atoms with Crippen LogP contribution in [0.15, 0.2) is 24.3 Å². The van der Waals surface area contributed by atoms with Crippen LogP contribution in [0.3, 0.4) is 0 Å². The Morgan fingerprint density at radius 2 is 2.00 bits per heavy atom. The minimum Gasteiger partial charge on any atom is -0.423 e. The zero-order valence-corrected chi connectivity index (χ0v) is 8.40. The van der Waals surface area contributed by atoms with Crippen LogP contribution in [0, 0.1) is 0 Å². The largest absolute Gasteiger partial charge is 0.488 e. The van der Waals surface area contributed by atoms with Gasteiger partial charge in [0.15, 0.2) is 0 Å². The second-order valence-corrected chi connectivity index (χ2v) is 3.25. The summed E-state index contributed by atoms with van der Waals surface area (Å²) in [5.41, 5.74) is 1.52. The van der Waals surface area contributed by atoms with Gasteiger partial charge in [0.25, 0.3) is 0 Å². The van der Waals surface area contributed by atoms with E-state index < -0.39 is 7.12 Å². The van der Waals surface area contributed by atoms with Gasteiger partial charge in [0.1, 0.15) is 0 Å². The second-order valence-electron chi connectivity index (χ2n) is 3.25. The minimum absolute atomic E-state index is 0.580. The maximum Gasteiger partial charge on any atom is 0.488 e. The first kappa shape index (κ1) is 11.2. The van der Waals surface area contributed by atoms with Crippen LogP contribution in [0.25, 0.3) is 0 Å². The number of hydrogen-bond acceptors (Lipinski definition) is 3. The molecule has 0 amide bonds. The predicted octanol–water partition coefficient (Wildman–Crippen LogP) is -0.134. The van der Waals surface area contributed by atoms with E-state index in [9.17, 15) is 0 Å². The molecule has 0 heterocycles. The van der Waals surface area contributed by atoms with Crippen LogP contribution >= 0.6 is 0 Å². The van der Waals surface area contributed by atoms with E-state index in [1.807, 2.05) is 12.1 Å². The fraction of sp³-hybridized carbons (Fsp3) is 0.400. The van der Waals surface area contributed by atoms with Gasteiger partial charge in [-0.15, -0.1) is 0 Å². The molecular formula is C10H16BNO2. The number of nitrogens with one attached hydrogen (secondary N) is 1. The van der Waals surface area contributed by atoms with Crippen LogP contribution in [0.5, 0.6) is 0 Å². The predicted molar refractivity (Wildman–Crippen MR) is 58.3 cm³/mol. The smallest absolute Gasteiger partial charge is 0.423 e. The first-order chi connectivity index (χ1) is 6.75. The Morgan fingerprint density at radius 1 is 1.29 bits per heavy atom. The maximum atomic E-state index is 9.09. The van der Waals surface area contributed by atoms with Gasteiger partial charge in [0, 0.05) is 6.54 Å². The van der Waals surface area contributed by atoms with E-state index in [4.69, 9.17) is 10.0 Å². The molecule has 3 nitrogen and oxygen atoms in total.